The van der Waals surface area contributed by atoms with Gasteiger partial charge in [0.25, 0.3) is 0 Å². The van der Waals surface area contributed by atoms with Crippen LogP contribution in [0.15, 0.2) is 0 Å². The average Bonchev–Trinajstić information content (AvgIpc) is 2.69. The summed E-state index contributed by atoms with van der Waals surface area (Å²) in [6, 6.07) is 0. The molecule has 6 heteroatoms. The molecule has 0 aromatic rings. The van der Waals surface area contributed by atoms with Crippen molar-refractivity contribution in [2.24, 2.45) is 5.92 Å². The summed E-state index contributed by atoms with van der Waals surface area (Å²) in [5, 5.41) is 1.74. The summed E-state index contributed by atoms with van der Waals surface area (Å²) in [6.07, 6.45) is 0.416. The molecule has 15 heavy (non-hydrogen) atoms. The Hall–Kier alpha value is -0.620. The molecule has 2 aliphatic heterocycles. The molecule has 0 spiro atoms. The lowest BCUT2D eigenvalue weighted by atomic mass is 10.0. The van der Waals surface area contributed by atoms with E-state index in [1.165, 1.54) is 0 Å². The first-order valence-corrected chi connectivity index (χ1v) is 6.78. The Bertz CT molecular complexity index is 364. The number of hydrogen-bond acceptors (Lipinski definition) is 5. The quantitative estimate of drug-likeness (QED) is 0.640. The van der Waals surface area contributed by atoms with E-state index in [-0.39, 0.29) is 17.8 Å². The van der Waals surface area contributed by atoms with Crippen LogP contribution in [0.1, 0.15) is 13.3 Å². The molecule has 2 heterocycles. The van der Waals surface area contributed by atoms with Gasteiger partial charge < -0.3 is 10.1 Å². The summed E-state index contributed by atoms with van der Waals surface area (Å²) < 4.78 is 28.7. The minimum Gasteiger partial charge on any atom is -0.465 e. The Kier molecular flexibility index (Phi) is 2.72. The maximum Gasteiger partial charge on any atom is 0.324 e. The molecule has 0 aromatic carbocycles. The second kappa shape index (κ2) is 3.75. The normalized spacial score (nSPS) is 37.5. The Morgan fingerprint density at radius 3 is 2.80 bits per heavy atom. The standard InChI is InChI=1S/C9H15NO4S/c1-2-14-9(11)7-3-6-4-10-5-8(6)15(7,12)13/h6-8,10H,2-5H2,1H3/t6-,7?,8+/m0/s1. The predicted molar refractivity (Wildman–Crippen MR) is 54.1 cm³/mol. The minimum absolute atomic E-state index is 0.0874. The number of esters is 1. The molecule has 0 aromatic heterocycles. The van der Waals surface area contributed by atoms with Gasteiger partial charge >= 0.3 is 5.97 Å². The van der Waals surface area contributed by atoms with Crippen molar-refractivity contribution in [3.05, 3.63) is 0 Å². The van der Waals surface area contributed by atoms with Crippen LogP contribution in [0, 0.1) is 5.92 Å². The number of hydrogen-bond donors (Lipinski definition) is 1. The third kappa shape index (κ3) is 1.65. The van der Waals surface area contributed by atoms with Crippen molar-refractivity contribution < 1.29 is 17.9 Å². The first-order valence-electron chi connectivity index (χ1n) is 5.17. The van der Waals surface area contributed by atoms with Crippen molar-refractivity contribution in [2.75, 3.05) is 19.7 Å². The smallest absolute Gasteiger partial charge is 0.324 e. The molecule has 0 amide bonds. The van der Waals surface area contributed by atoms with Crippen molar-refractivity contribution in [1.29, 1.82) is 0 Å². The topological polar surface area (TPSA) is 72.5 Å². The van der Waals surface area contributed by atoms with Crippen molar-refractivity contribution in [3.8, 4) is 0 Å². The molecule has 0 aliphatic carbocycles. The van der Waals surface area contributed by atoms with Crippen molar-refractivity contribution >= 4 is 15.8 Å². The number of ether oxygens (including phenoxy) is 1. The van der Waals surface area contributed by atoms with Gasteiger partial charge in [0.15, 0.2) is 15.1 Å². The number of sulfone groups is 1. The lowest BCUT2D eigenvalue weighted by Gasteiger charge is -2.10. The average molecular weight is 233 g/mol. The highest BCUT2D eigenvalue weighted by molar-refractivity contribution is 7.93. The maximum atomic E-state index is 11.9. The summed E-state index contributed by atoms with van der Waals surface area (Å²) in [7, 11) is -3.32. The second-order valence-corrected chi connectivity index (χ2v) is 6.37. The predicted octanol–water partition coefficient (Wildman–Crippen LogP) is -0.675. The second-order valence-electron chi connectivity index (χ2n) is 4.02. The summed E-state index contributed by atoms with van der Waals surface area (Å²) in [5.41, 5.74) is 0. The van der Waals surface area contributed by atoms with Crippen LogP contribution in [0.2, 0.25) is 0 Å². The molecule has 2 rings (SSSR count). The summed E-state index contributed by atoms with van der Waals surface area (Å²) >= 11 is 0. The lowest BCUT2D eigenvalue weighted by molar-refractivity contribution is -0.142. The SMILES string of the molecule is CCOC(=O)C1C[C@H]2CNC[C@H]2S1(=O)=O. The van der Waals surface area contributed by atoms with Gasteiger partial charge in [-0.25, -0.2) is 8.42 Å². The van der Waals surface area contributed by atoms with Gasteiger partial charge in [-0.3, -0.25) is 4.79 Å². The first-order chi connectivity index (χ1) is 7.07. The summed E-state index contributed by atoms with van der Waals surface area (Å²) in [5.74, 6) is -0.490. The van der Waals surface area contributed by atoms with Crippen LogP contribution in [0.3, 0.4) is 0 Å². The van der Waals surface area contributed by atoms with Crippen LogP contribution >= 0.6 is 0 Å². The highest BCUT2D eigenvalue weighted by Gasteiger charge is 2.53. The minimum atomic E-state index is -3.32. The van der Waals surface area contributed by atoms with Gasteiger partial charge in [-0.05, 0) is 25.8 Å². The zero-order chi connectivity index (χ0) is 11.1. The van der Waals surface area contributed by atoms with Gasteiger partial charge in [-0.2, -0.15) is 0 Å². The van der Waals surface area contributed by atoms with Crippen LogP contribution in [0.25, 0.3) is 0 Å². The van der Waals surface area contributed by atoms with Crippen LogP contribution in [-0.4, -0.2) is 44.6 Å². The zero-order valence-corrected chi connectivity index (χ0v) is 9.42. The van der Waals surface area contributed by atoms with E-state index in [4.69, 9.17) is 4.74 Å². The van der Waals surface area contributed by atoms with Gasteiger partial charge in [0.2, 0.25) is 0 Å². The Morgan fingerprint density at radius 1 is 1.47 bits per heavy atom. The van der Waals surface area contributed by atoms with E-state index < -0.39 is 21.1 Å². The lowest BCUT2D eigenvalue weighted by Crippen LogP contribution is -2.34. The summed E-state index contributed by atoms with van der Waals surface area (Å²) in [4.78, 5) is 11.5. The Morgan fingerprint density at radius 2 is 2.20 bits per heavy atom. The highest BCUT2D eigenvalue weighted by atomic mass is 32.2. The van der Waals surface area contributed by atoms with Gasteiger partial charge in [-0.1, -0.05) is 0 Å². The number of rotatable bonds is 2. The van der Waals surface area contributed by atoms with E-state index in [1.807, 2.05) is 0 Å². The number of nitrogens with one attached hydrogen (secondary N) is 1. The number of carbonyl (C=O) groups is 1. The van der Waals surface area contributed by atoms with E-state index in [0.717, 1.165) is 0 Å². The third-order valence-electron chi connectivity index (χ3n) is 3.16. The molecule has 2 fully saturated rings. The molecular formula is C9H15NO4S. The maximum absolute atomic E-state index is 11.9. The molecule has 5 nitrogen and oxygen atoms in total. The van der Waals surface area contributed by atoms with Gasteiger partial charge in [0, 0.05) is 6.54 Å². The van der Waals surface area contributed by atoms with Crippen LogP contribution < -0.4 is 5.32 Å². The van der Waals surface area contributed by atoms with Gasteiger partial charge in [0.05, 0.1) is 11.9 Å². The molecule has 3 atom stereocenters. The molecule has 2 saturated heterocycles. The molecular weight excluding hydrogens is 218 g/mol. The van der Waals surface area contributed by atoms with E-state index in [2.05, 4.69) is 5.32 Å². The van der Waals surface area contributed by atoms with Crippen LogP contribution in [0.5, 0.6) is 0 Å². The highest BCUT2D eigenvalue weighted by Crippen LogP contribution is 2.35. The fourth-order valence-electron chi connectivity index (χ4n) is 2.41. The zero-order valence-electron chi connectivity index (χ0n) is 8.60. The Labute approximate surface area is 89.1 Å². The van der Waals surface area contributed by atoms with Crippen LogP contribution in [-0.2, 0) is 19.4 Å². The first kappa shape index (κ1) is 10.9. The largest absolute Gasteiger partial charge is 0.465 e. The van der Waals surface area contributed by atoms with E-state index in [9.17, 15) is 13.2 Å². The van der Waals surface area contributed by atoms with E-state index >= 15 is 0 Å². The number of fused-ring (bicyclic) bond motifs is 1. The van der Waals surface area contributed by atoms with Crippen molar-refractivity contribution in [3.63, 3.8) is 0 Å². The molecule has 0 radical (unpaired) electrons. The van der Waals surface area contributed by atoms with Gasteiger partial charge in [0.1, 0.15) is 0 Å². The Balaban J connectivity index is 2.19. The van der Waals surface area contributed by atoms with Crippen LogP contribution in [0.4, 0.5) is 0 Å². The van der Waals surface area contributed by atoms with Gasteiger partial charge in [-0.15, -0.1) is 0 Å². The van der Waals surface area contributed by atoms with Crippen molar-refractivity contribution in [1.82, 2.24) is 5.32 Å². The molecule has 1 unspecified atom stereocenters. The van der Waals surface area contributed by atoms with E-state index in [0.29, 0.717) is 19.5 Å². The molecule has 0 bridgehead atoms. The molecule has 2 aliphatic rings. The fraction of sp³-hybridized carbons (Fsp3) is 0.889. The monoisotopic (exact) mass is 233 g/mol. The summed E-state index contributed by atoms with van der Waals surface area (Å²) in [6.45, 7) is 3.09. The van der Waals surface area contributed by atoms with Crippen molar-refractivity contribution in [2.45, 2.75) is 23.8 Å². The number of carbonyl (C=O) groups excluding carboxylic acids is 1. The fourth-order valence-corrected chi connectivity index (χ4v) is 4.78. The molecule has 86 valence electrons. The van der Waals surface area contributed by atoms with E-state index in [1.54, 1.807) is 6.92 Å². The third-order valence-corrected chi connectivity index (χ3v) is 5.74. The molecule has 1 N–H and O–H groups in total. The molecule has 0 saturated carbocycles.